The van der Waals surface area contributed by atoms with Crippen LogP contribution in [0.25, 0.3) is 0 Å². The fourth-order valence-electron chi connectivity index (χ4n) is 6.87. The minimum atomic E-state index is -4.40. The summed E-state index contributed by atoms with van der Waals surface area (Å²) in [5.74, 6) is -1.44. The van der Waals surface area contributed by atoms with E-state index in [0.717, 1.165) is 44.9 Å². The van der Waals surface area contributed by atoms with Crippen LogP contribution in [0, 0.1) is 0 Å². The SMILES string of the molecule is CCCCCCCCCCCCCCCCCCCC(O)C(=O)NC(CS(=O)(=O)O)C(O)CCCCCCCCCCCCCCCCC. The second-order valence-corrected chi connectivity index (χ2v) is 16.6. The van der Waals surface area contributed by atoms with Gasteiger partial charge in [0.05, 0.1) is 17.9 Å². The van der Waals surface area contributed by atoms with E-state index in [1.54, 1.807) is 0 Å². The first-order valence-corrected chi connectivity index (χ1v) is 22.9. The van der Waals surface area contributed by atoms with Gasteiger partial charge in [-0.2, -0.15) is 8.42 Å². The van der Waals surface area contributed by atoms with Crippen molar-refractivity contribution in [2.75, 3.05) is 5.75 Å². The number of aliphatic hydroxyl groups excluding tert-OH is 2. The number of aliphatic hydroxyl groups is 2. The first-order chi connectivity index (χ1) is 23.7. The Bertz CT molecular complexity index is 808. The maximum Gasteiger partial charge on any atom is 0.266 e. The summed E-state index contributed by atoms with van der Waals surface area (Å²) in [4.78, 5) is 12.6. The van der Waals surface area contributed by atoms with E-state index in [1.165, 1.54) is 161 Å². The Hall–Kier alpha value is -0.700. The molecule has 0 saturated heterocycles. The van der Waals surface area contributed by atoms with Crippen LogP contribution in [0.2, 0.25) is 0 Å². The lowest BCUT2D eigenvalue weighted by Crippen LogP contribution is -2.50. The molecular formula is C41H83NO6S. The molecule has 0 aliphatic carbocycles. The summed E-state index contributed by atoms with van der Waals surface area (Å²) in [6, 6.07) is -1.14. The average Bonchev–Trinajstić information content (AvgIpc) is 3.06. The van der Waals surface area contributed by atoms with E-state index in [-0.39, 0.29) is 0 Å². The summed E-state index contributed by atoms with van der Waals surface area (Å²) >= 11 is 0. The summed E-state index contributed by atoms with van der Waals surface area (Å²) in [7, 11) is -4.40. The quantitative estimate of drug-likeness (QED) is 0.0371. The molecule has 1 amide bonds. The van der Waals surface area contributed by atoms with Crippen molar-refractivity contribution in [3.63, 3.8) is 0 Å². The Morgan fingerprint density at radius 2 is 0.735 bits per heavy atom. The Kier molecular flexibility index (Phi) is 35.2. The van der Waals surface area contributed by atoms with E-state index < -0.39 is 40.0 Å². The molecule has 3 unspecified atom stereocenters. The molecule has 0 aromatic rings. The number of hydrogen-bond acceptors (Lipinski definition) is 5. The molecule has 0 heterocycles. The highest BCUT2D eigenvalue weighted by atomic mass is 32.2. The van der Waals surface area contributed by atoms with Gasteiger partial charge in [-0.15, -0.1) is 0 Å². The van der Waals surface area contributed by atoms with Crippen LogP contribution in [0.5, 0.6) is 0 Å². The number of carbonyl (C=O) groups excluding carboxylic acids is 1. The molecule has 294 valence electrons. The fourth-order valence-corrected chi connectivity index (χ4v) is 7.63. The number of amides is 1. The lowest BCUT2D eigenvalue weighted by molar-refractivity contribution is -0.131. The van der Waals surface area contributed by atoms with E-state index in [4.69, 9.17) is 0 Å². The molecule has 0 bridgehead atoms. The average molecular weight is 718 g/mol. The first-order valence-electron chi connectivity index (χ1n) is 21.3. The van der Waals surface area contributed by atoms with Gasteiger partial charge in [0.25, 0.3) is 10.1 Å². The van der Waals surface area contributed by atoms with Gasteiger partial charge in [-0.25, -0.2) is 0 Å². The number of rotatable bonds is 39. The molecule has 0 aromatic heterocycles. The second kappa shape index (κ2) is 35.7. The Morgan fingerprint density at radius 3 is 1.02 bits per heavy atom. The van der Waals surface area contributed by atoms with E-state index in [9.17, 15) is 28.0 Å². The summed E-state index contributed by atoms with van der Waals surface area (Å²) in [6.45, 7) is 4.52. The predicted molar refractivity (Wildman–Crippen MR) is 209 cm³/mol. The summed E-state index contributed by atoms with van der Waals surface area (Å²) < 4.78 is 32.6. The zero-order chi connectivity index (χ0) is 36.3. The molecular weight excluding hydrogens is 635 g/mol. The molecule has 0 aliphatic heterocycles. The van der Waals surface area contributed by atoms with Crippen LogP contribution in [-0.2, 0) is 14.9 Å². The van der Waals surface area contributed by atoms with Crippen molar-refractivity contribution in [2.24, 2.45) is 0 Å². The smallest absolute Gasteiger partial charge is 0.266 e. The van der Waals surface area contributed by atoms with Gasteiger partial charge >= 0.3 is 0 Å². The number of unbranched alkanes of at least 4 members (excludes halogenated alkanes) is 30. The molecule has 0 aromatic carbocycles. The van der Waals surface area contributed by atoms with Gasteiger partial charge in [-0.3, -0.25) is 9.35 Å². The molecule has 4 N–H and O–H groups in total. The molecule has 0 spiro atoms. The summed E-state index contributed by atoms with van der Waals surface area (Å²) in [5, 5.41) is 23.6. The van der Waals surface area contributed by atoms with E-state index in [2.05, 4.69) is 19.2 Å². The van der Waals surface area contributed by atoms with Crippen molar-refractivity contribution >= 4 is 16.0 Å². The van der Waals surface area contributed by atoms with Gasteiger partial charge in [0, 0.05) is 0 Å². The molecule has 0 rings (SSSR count). The van der Waals surface area contributed by atoms with Gasteiger partial charge < -0.3 is 15.5 Å². The first kappa shape index (κ1) is 48.3. The van der Waals surface area contributed by atoms with Crippen molar-refractivity contribution in [3.8, 4) is 0 Å². The third-order valence-corrected chi connectivity index (χ3v) is 10.9. The number of carbonyl (C=O) groups is 1. The van der Waals surface area contributed by atoms with Crippen LogP contribution in [0.1, 0.15) is 232 Å². The summed E-state index contributed by atoms with van der Waals surface area (Å²) in [5.41, 5.74) is 0. The zero-order valence-electron chi connectivity index (χ0n) is 32.5. The lowest BCUT2D eigenvalue weighted by atomic mass is 10.0. The fraction of sp³-hybridized carbons (Fsp3) is 0.976. The highest BCUT2D eigenvalue weighted by Gasteiger charge is 2.28. The van der Waals surface area contributed by atoms with Crippen molar-refractivity contribution in [2.45, 2.75) is 250 Å². The topological polar surface area (TPSA) is 124 Å². The molecule has 7 nitrogen and oxygen atoms in total. The normalized spacial score (nSPS) is 13.8. The second-order valence-electron chi connectivity index (χ2n) is 15.1. The van der Waals surface area contributed by atoms with E-state index in [0.29, 0.717) is 12.8 Å². The molecule has 0 aliphatic rings. The molecule has 49 heavy (non-hydrogen) atoms. The van der Waals surface area contributed by atoms with Gasteiger partial charge in [0.1, 0.15) is 6.10 Å². The van der Waals surface area contributed by atoms with Crippen LogP contribution in [-0.4, -0.2) is 53.1 Å². The van der Waals surface area contributed by atoms with Crippen LogP contribution in [0.15, 0.2) is 0 Å². The van der Waals surface area contributed by atoms with Gasteiger partial charge in [0.15, 0.2) is 0 Å². The molecule has 0 radical (unpaired) electrons. The van der Waals surface area contributed by atoms with Crippen LogP contribution < -0.4 is 5.32 Å². The van der Waals surface area contributed by atoms with E-state index >= 15 is 0 Å². The van der Waals surface area contributed by atoms with Gasteiger partial charge in [0.2, 0.25) is 5.91 Å². The zero-order valence-corrected chi connectivity index (χ0v) is 33.3. The number of nitrogens with one attached hydrogen (secondary N) is 1. The van der Waals surface area contributed by atoms with Crippen molar-refractivity contribution in [3.05, 3.63) is 0 Å². The maximum absolute atomic E-state index is 12.6. The number of hydrogen-bond donors (Lipinski definition) is 4. The van der Waals surface area contributed by atoms with Crippen molar-refractivity contribution < 1.29 is 28.0 Å². The minimum absolute atomic E-state index is 0.304. The Morgan fingerprint density at radius 1 is 0.469 bits per heavy atom. The highest BCUT2D eigenvalue weighted by molar-refractivity contribution is 7.85. The standard InChI is InChI=1S/C41H83NO6S/c1-3-5-7-9-11-13-15-17-19-20-22-24-26-28-30-32-34-36-40(44)41(45)42-38(37-49(46,47)48)39(43)35-33-31-29-27-25-23-21-18-16-14-12-10-8-6-4-2/h38-40,43-44H,3-37H2,1-2H3,(H,42,45)(H,46,47,48). The lowest BCUT2D eigenvalue weighted by Gasteiger charge is -2.24. The highest BCUT2D eigenvalue weighted by Crippen LogP contribution is 2.17. The van der Waals surface area contributed by atoms with Gasteiger partial charge in [-0.1, -0.05) is 219 Å². The third-order valence-electron chi connectivity index (χ3n) is 10.2. The van der Waals surface area contributed by atoms with Crippen LogP contribution in [0.4, 0.5) is 0 Å². The molecule has 0 saturated carbocycles. The Labute approximate surface area is 304 Å². The minimum Gasteiger partial charge on any atom is -0.391 e. The molecule has 8 heteroatoms. The Balaban J connectivity index is 3.92. The molecule has 0 fully saturated rings. The summed E-state index contributed by atoms with van der Waals surface area (Å²) in [6.07, 6.45) is 38.3. The monoisotopic (exact) mass is 718 g/mol. The predicted octanol–water partition coefficient (Wildman–Crippen LogP) is 11.4. The van der Waals surface area contributed by atoms with Gasteiger partial charge in [-0.05, 0) is 12.8 Å². The maximum atomic E-state index is 12.6. The van der Waals surface area contributed by atoms with Crippen LogP contribution >= 0.6 is 0 Å². The van der Waals surface area contributed by atoms with E-state index in [1.807, 2.05) is 0 Å². The largest absolute Gasteiger partial charge is 0.391 e. The van der Waals surface area contributed by atoms with Crippen molar-refractivity contribution in [1.82, 2.24) is 5.32 Å². The van der Waals surface area contributed by atoms with Crippen molar-refractivity contribution in [1.29, 1.82) is 0 Å². The third kappa shape index (κ3) is 35.5. The van der Waals surface area contributed by atoms with Crippen LogP contribution in [0.3, 0.4) is 0 Å². The molecule has 3 atom stereocenters.